The molecule has 4 atom stereocenters. The molecule has 3 heterocycles. The number of hydrogen-bond donors (Lipinski definition) is 2. The van der Waals surface area contributed by atoms with Gasteiger partial charge in [0.2, 0.25) is 5.91 Å². The van der Waals surface area contributed by atoms with Gasteiger partial charge in [-0.3, -0.25) is 9.69 Å². The van der Waals surface area contributed by atoms with Crippen LogP contribution in [-0.4, -0.2) is 40.6 Å². The second-order valence-electron chi connectivity index (χ2n) is 14.9. The van der Waals surface area contributed by atoms with Crippen molar-refractivity contribution in [2.75, 3.05) is 6.61 Å². The van der Waals surface area contributed by atoms with Gasteiger partial charge in [0.15, 0.2) is 17.6 Å². The molecule has 0 saturated heterocycles. The van der Waals surface area contributed by atoms with Crippen LogP contribution in [0.3, 0.4) is 0 Å². The zero-order valence-corrected chi connectivity index (χ0v) is 35.0. The summed E-state index contributed by atoms with van der Waals surface area (Å²) in [6.45, 7) is 3.19. The Labute approximate surface area is 362 Å². The van der Waals surface area contributed by atoms with Gasteiger partial charge < -0.3 is 24.6 Å². The molecule has 12 heteroatoms. The van der Waals surface area contributed by atoms with Crippen LogP contribution in [0.1, 0.15) is 63.7 Å². The number of carbonyl (C=O) groups excluding carboxylic acids is 1. The number of carboxylic acids is 1. The van der Waals surface area contributed by atoms with Gasteiger partial charge in [-0.05, 0) is 107 Å². The van der Waals surface area contributed by atoms with Crippen molar-refractivity contribution >= 4 is 46.4 Å². The second kappa shape index (κ2) is 18.2. The largest absolute Gasteiger partial charge is 0.489 e. The van der Waals surface area contributed by atoms with E-state index in [4.69, 9.17) is 37.4 Å². The summed E-state index contributed by atoms with van der Waals surface area (Å²) in [7, 11) is 0. The molecule has 2 aliphatic rings. The summed E-state index contributed by atoms with van der Waals surface area (Å²) in [6, 6.07) is 38.6. The Balaban J connectivity index is 0.993. The standard InChI is InChI=1S/C48H41Cl2N3O6S/c1-2-41(31-6-4-3-5-7-31)53-26-35-23-44-43(58-28-45(59-44)32-13-15-36(16-14-32)57-27-30-10-18-38(49)39(50)20-30)22-34(35)21-42(53)47(54)52-40(48(55)56)24-37-17-19-46(60-37)33-11-8-29(25-51)9-12-33/h3-20,22-23,40-42,45H,2,21,24,26-28H2,1H3,(H,52,54)(H,55,56). The van der Waals surface area contributed by atoms with Gasteiger partial charge in [-0.15, -0.1) is 11.3 Å². The normalized spacial score (nSPS) is 16.8. The number of halogens is 2. The second-order valence-corrected chi connectivity index (χ2v) is 16.9. The van der Waals surface area contributed by atoms with Crippen molar-refractivity contribution in [1.29, 1.82) is 5.26 Å². The molecule has 0 radical (unpaired) electrons. The molecular weight excluding hydrogens is 818 g/mol. The quantitative estimate of drug-likeness (QED) is 0.118. The summed E-state index contributed by atoms with van der Waals surface area (Å²) in [6.07, 6.45) is 0.887. The molecule has 0 fully saturated rings. The highest BCUT2D eigenvalue weighted by atomic mass is 35.5. The molecular formula is C48H41Cl2N3O6S. The van der Waals surface area contributed by atoms with Crippen LogP contribution < -0.4 is 19.5 Å². The average Bonchev–Trinajstić information content (AvgIpc) is 3.75. The van der Waals surface area contributed by atoms with E-state index in [1.165, 1.54) is 11.3 Å². The first-order valence-electron chi connectivity index (χ1n) is 19.7. The van der Waals surface area contributed by atoms with E-state index < -0.39 is 18.1 Å². The summed E-state index contributed by atoms with van der Waals surface area (Å²) in [5.41, 5.74) is 6.41. The van der Waals surface area contributed by atoms with Crippen molar-refractivity contribution in [1.82, 2.24) is 10.2 Å². The Hall–Kier alpha value is -5.83. The Morgan fingerprint density at radius 2 is 1.70 bits per heavy atom. The SMILES string of the molecule is CCC(c1ccccc1)N1Cc2cc3c(cc2CC1C(=O)NC(Cc1ccc(-c2ccc(C#N)cc2)s1)C(=O)O)OCC(c1ccc(OCc2ccc(Cl)c(Cl)c2)cc1)O3. The van der Waals surface area contributed by atoms with E-state index in [0.29, 0.717) is 59.0 Å². The number of aliphatic carboxylic acids is 1. The van der Waals surface area contributed by atoms with Crippen LogP contribution in [0.2, 0.25) is 10.0 Å². The lowest BCUT2D eigenvalue weighted by Gasteiger charge is -2.42. The highest BCUT2D eigenvalue weighted by Gasteiger charge is 2.39. The summed E-state index contributed by atoms with van der Waals surface area (Å²) in [4.78, 5) is 31.0. The fourth-order valence-corrected chi connectivity index (χ4v) is 9.22. The van der Waals surface area contributed by atoms with Crippen LogP contribution in [-0.2, 0) is 35.6 Å². The molecule has 0 aliphatic carbocycles. The van der Waals surface area contributed by atoms with Crippen molar-refractivity contribution < 1.29 is 28.9 Å². The number of nitrogens with one attached hydrogen (secondary N) is 1. The summed E-state index contributed by atoms with van der Waals surface area (Å²) < 4.78 is 18.8. The van der Waals surface area contributed by atoms with Crippen LogP contribution in [0.25, 0.3) is 10.4 Å². The molecule has 4 unspecified atom stereocenters. The third-order valence-electron chi connectivity index (χ3n) is 11.0. The van der Waals surface area contributed by atoms with Crippen LogP contribution in [0, 0.1) is 11.3 Å². The molecule has 9 nitrogen and oxygen atoms in total. The maximum atomic E-state index is 14.4. The maximum absolute atomic E-state index is 14.4. The lowest BCUT2D eigenvalue weighted by molar-refractivity contribution is -0.143. The molecule has 1 aromatic heterocycles. The number of rotatable bonds is 13. The van der Waals surface area contributed by atoms with E-state index in [1.54, 1.807) is 24.3 Å². The third kappa shape index (κ3) is 9.15. The number of amides is 1. The fraction of sp³-hybridized carbons (Fsp3) is 0.229. The minimum absolute atomic E-state index is 0.107. The maximum Gasteiger partial charge on any atom is 0.326 e. The topological polar surface area (TPSA) is 121 Å². The van der Waals surface area contributed by atoms with Crippen molar-refractivity contribution in [2.45, 2.75) is 63.6 Å². The Bertz CT molecular complexity index is 2540. The van der Waals surface area contributed by atoms with Gasteiger partial charge in [0.25, 0.3) is 0 Å². The molecule has 0 saturated carbocycles. The molecule has 1 amide bonds. The van der Waals surface area contributed by atoms with Gasteiger partial charge in [-0.1, -0.05) is 90.8 Å². The van der Waals surface area contributed by atoms with E-state index in [-0.39, 0.29) is 24.5 Å². The number of benzene rings is 5. The zero-order valence-electron chi connectivity index (χ0n) is 32.6. The first-order valence-corrected chi connectivity index (χ1v) is 21.3. The van der Waals surface area contributed by atoms with Crippen molar-refractivity contribution in [3.05, 3.63) is 170 Å². The molecule has 0 bridgehead atoms. The molecule has 6 aromatic rings. The van der Waals surface area contributed by atoms with Crippen LogP contribution in [0.15, 0.2) is 121 Å². The Morgan fingerprint density at radius 1 is 0.933 bits per heavy atom. The van der Waals surface area contributed by atoms with Gasteiger partial charge in [0.05, 0.1) is 27.7 Å². The van der Waals surface area contributed by atoms with Crippen LogP contribution >= 0.6 is 34.5 Å². The molecule has 5 aromatic carbocycles. The van der Waals surface area contributed by atoms with Gasteiger partial charge >= 0.3 is 5.97 Å². The summed E-state index contributed by atoms with van der Waals surface area (Å²) in [5.74, 6) is 0.490. The van der Waals surface area contributed by atoms with E-state index in [0.717, 1.165) is 49.6 Å². The zero-order chi connectivity index (χ0) is 41.8. The number of ether oxygens (including phenoxy) is 3. The molecule has 304 valence electrons. The van der Waals surface area contributed by atoms with Gasteiger partial charge in [-0.25, -0.2) is 4.79 Å². The molecule has 2 N–H and O–H groups in total. The summed E-state index contributed by atoms with van der Waals surface area (Å²) >= 11 is 13.7. The van der Waals surface area contributed by atoms with E-state index in [1.807, 2.05) is 84.9 Å². The number of hydrogen-bond acceptors (Lipinski definition) is 8. The Morgan fingerprint density at radius 3 is 2.42 bits per heavy atom. The number of carbonyl (C=O) groups is 2. The first kappa shape index (κ1) is 40.9. The van der Waals surface area contributed by atoms with Crippen LogP contribution in [0.4, 0.5) is 0 Å². The van der Waals surface area contributed by atoms with Crippen molar-refractivity contribution in [3.63, 3.8) is 0 Å². The number of fused-ring (bicyclic) bond motifs is 2. The monoisotopic (exact) mass is 857 g/mol. The smallest absolute Gasteiger partial charge is 0.326 e. The lowest BCUT2D eigenvalue weighted by atomic mass is 9.89. The lowest BCUT2D eigenvalue weighted by Crippen LogP contribution is -2.55. The molecule has 2 aliphatic heterocycles. The molecule has 0 spiro atoms. The molecule has 8 rings (SSSR count). The average molecular weight is 859 g/mol. The van der Waals surface area contributed by atoms with Gasteiger partial charge in [-0.2, -0.15) is 5.26 Å². The fourth-order valence-electron chi connectivity index (χ4n) is 7.84. The highest BCUT2D eigenvalue weighted by molar-refractivity contribution is 7.15. The van der Waals surface area contributed by atoms with Crippen molar-refractivity contribution in [3.8, 4) is 33.8 Å². The van der Waals surface area contributed by atoms with Crippen molar-refractivity contribution in [2.24, 2.45) is 0 Å². The predicted octanol–water partition coefficient (Wildman–Crippen LogP) is 10.4. The minimum atomic E-state index is -1.13. The van der Waals surface area contributed by atoms with Gasteiger partial charge in [0.1, 0.15) is 25.0 Å². The number of thiophene rings is 1. The van der Waals surface area contributed by atoms with E-state index in [9.17, 15) is 20.0 Å². The van der Waals surface area contributed by atoms with Crippen LogP contribution in [0.5, 0.6) is 17.2 Å². The summed E-state index contributed by atoms with van der Waals surface area (Å²) in [5, 5.41) is 23.4. The number of nitrogens with zero attached hydrogens (tertiary/aromatic N) is 2. The van der Waals surface area contributed by atoms with E-state index >= 15 is 0 Å². The first-order chi connectivity index (χ1) is 29.1. The van der Waals surface area contributed by atoms with E-state index in [2.05, 4.69) is 35.3 Å². The predicted molar refractivity (Wildman–Crippen MR) is 233 cm³/mol. The molecule has 60 heavy (non-hydrogen) atoms. The number of nitriles is 1. The Kier molecular flexibility index (Phi) is 12.4. The highest BCUT2D eigenvalue weighted by Crippen LogP contribution is 2.43. The van der Waals surface area contributed by atoms with Gasteiger partial charge in [0, 0.05) is 28.8 Å². The third-order valence-corrected chi connectivity index (χ3v) is 12.9. The number of carboxylic acid groups (broad SMARTS) is 1. The minimum Gasteiger partial charge on any atom is -0.489 e.